The summed E-state index contributed by atoms with van der Waals surface area (Å²) in [5, 5.41) is -0.136. The fourth-order valence-corrected chi connectivity index (χ4v) is 4.58. The lowest BCUT2D eigenvalue weighted by Crippen LogP contribution is -2.30. The van der Waals surface area contributed by atoms with Gasteiger partial charge in [-0.05, 0) is 37.3 Å². The first-order valence-corrected chi connectivity index (χ1v) is 10.6. The lowest BCUT2D eigenvalue weighted by Gasteiger charge is -2.21. The topological polar surface area (TPSA) is 89.5 Å². The van der Waals surface area contributed by atoms with Crippen molar-refractivity contribution in [2.75, 3.05) is 6.54 Å². The van der Waals surface area contributed by atoms with Crippen LogP contribution in [0, 0.1) is 5.92 Å². The number of halogens is 2. The molecule has 1 atom stereocenters. The Balaban J connectivity index is 2.29. The minimum Gasteiger partial charge on any atom is -0.451 e. The summed E-state index contributed by atoms with van der Waals surface area (Å²) in [6, 6.07) is 2.27. The minimum atomic E-state index is -3.92. The van der Waals surface area contributed by atoms with Crippen molar-refractivity contribution in [3.8, 4) is 0 Å². The van der Waals surface area contributed by atoms with Crippen LogP contribution >= 0.6 is 23.2 Å². The molecule has 1 N–H and O–H groups in total. The molecule has 0 aromatic heterocycles. The van der Waals surface area contributed by atoms with E-state index in [2.05, 4.69) is 4.72 Å². The number of nitrogens with one attached hydrogen (secondary N) is 1. The van der Waals surface area contributed by atoms with Gasteiger partial charge in [0.2, 0.25) is 10.0 Å². The van der Waals surface area contributed by atoms with Gasteiger partial charge in [-0.1, -0.05) is 37.0 Å². The number of ketones is 1. The average Bonchev–Trinajstić information content (AvgIpc) is 2.55. The fourth-order valence-electron chi connectivity index (χ4n) is 2.51. The van der Waals surface area contributed by atoms with Crippen LogP contribution in [0.4, 0.5) is 0 Å². The Bertz CT molecular complexity index is 808. The summed E-state index contributed by atoms with van der Waals surface area (Å²) in [6.07, 6.45) is 1.57. The molecular weight excluding hydrogens is 401 g/mol. The van der Waals surface area contributed by atoms with Crippen LogP contribution in [0.5, 0.6) is 0 Å². The third kappa shape index (κ3) is 5.19. The molecule has 0 bridgehead atoms. The summed E-state index contributed by atoms with van der Waals surface area (Å²) in [7, 11) is -3.92. The molecule has 6 nitrogen and oxygen atoms in total. The third-order valence-electron chi connectivity index (χ3n) is 3.96. The van der Waals surface area contributed by atoms with Crippen molar-refractivity contribution in [2.45, 2.75) is 50.5 Å². The van der Waals surface area contributed by atoms with Gasteiger partial charge in [0, 0.05) is 13.0 Å². The summed E-state index contributed by atoms with van der Waals surface area (Å²) < 4.78 is 32.6. The quantitative estimate of drug-likeness (QED) is 0.708. The number of esters is 1. The highest BCUT2D eigenvalue weighted by Gasteiger charge is 2.29. The number of carbonyl (C=O) groups excluding carboxylic acids is 2. The maximum absolute atomic E-state index is 12.4. The van der Waals surface area contributed by atoms with Crippen molar-refractivity contribution in [1.29, 1.82) is 0 Å². The van der Waals surface area contributed by atoms with E-state index in [1.165, 1.54) is 6.07 Å². The Morgan fingerprint density at radius 3 is 2.58 bits per heavy atom. The van der Waals surface area contributed by atoms with E-state index in [1.54, 1.807) is 0 Å². The van der Waals surface area contributed by atoms with Crippen LogP contribution in [0.25, 0.3) is 0 Å². The maximum Gasteiger partial charge on any atom is 0.340 e. The second kappa shape index (κ2) is 8.69. The maximum atomic E-state index is 12.4. The molecule has 1 fully saturated rings. The Kier molecular flexibility index (Phi) is 7.07. The molecule has 0 amide bonds. The van der Waals surface area contributed by atoms with Crippen LogP contribution in [-0.4, -0.2) is 32.8 Å². The Hall–Kier alpha value is -1.15. The number of rotatable bonds is 6. The van der Waals surface area contributed by atoms with Gasteiger partial charge in [-0.25, -0.2) is 17.9 Å². The molecule has 1 unspecified atom stereocenters. The molecule has 0 spiro atoms. The van der Waals surface area contributed by atoms with Gasteiger partial charge in [0.1, 0.15) is 4.90 Å². The summed E-state index contributed by atoms with van der Waals surface area (Å²) in [4.78, 5) is 24.0. The van der Waals surface area contributed by atoms with Crippen molar-refractivity contribution in [1.82, 2.24) is 4.72 Å². The molecule has 0 saturated heterocycles. The molecule has 26 heavy (non-hydrogen) atoms. The molecule has 0 aliphatic heterocycles. The van der Waals surface area contributed by atoms with Crippen molar-refractivity contribution in [3.63, 3.8) is 0 Å². The number of hydrogen-bond donors (Lipinski definition) is 1. The normalized spacial score (nSPS) is 18.2. The zero-order chi connectivity index (χ0) is 19.5. The molecule has 2 rings (SSSR count). The fraction of sp³-hybridized carbons (Fsp3) is 0.529. The Morgan fingerprint density at radius 2 is 1.96 bits per heavy atom. The smallest absolute Gasteiger partial charge is 0.340 e. The SMILES string of the molecule is CC(C)CNS(=O)(=O)c1cc(C(=O)OC2CCCCC2=O)c(Cl)cc1Cl. The lowest BCUT2D eigenvalue weighted by atomic mass is 9.96. The van der Waals surface area contributed by atoms with Crippen LogP contribution in [0.15, 0.2) is 17.0 Å². The molecule has 0 radical (unpaired) electrons. The summed E-state index contributed by atoms with van der Waals surface area (Å²) >= 11 is 12.1. The lowest BCUT2D eigenvalue weighted by molar-refractivity contribution is -0.129. The van der Waals surface area contributed by atoms with Gasteiger partial charge in [0.25, 0.3) is 0 Å². The van der Waals surface area contributed by atoms with Gasteiger partial charge in [-0.3, -0.25) is 4.79 Å². The van der Waals surface area contributed by atoms with E-state index >= 15 is 0 Å². The monoisotopic (exact) mass is 421 g/mol. The van der Waals surface area contributed by atoms with E-state index in [0.29, 0.717) is 12.8 Å². The van der Waals surface area contributed by atoms with Gasteiger partial charge in [0.05, 0.1) is 15.6 Å². The number of carbonyl (C=O) groups is 2. The Morgan fingerprint density at radius 1 is 1.27 bits per heavy atom. The van der Waals surface area contributed by atoms with E-state index in [1.807, 2.05) is 13.8 Å². The number of benzene rings is 1. The second-order valence-electron chi connectivity index (χ2n) is 6.61. The van der Waals surface area contributed by atoms with Crippen LogP contribution in [0.3, 0.4) is 0 Å². The van der Waals surface area contributed by atoms with Gasteiger partial charge in [-0.15, -0.1) is 0 Å². The average molecular weight is 422 g/mol. The molecule has 144 valence electrons. The standard InChI is InChI=1S/C17H21Cl2NO5S/c1-10(2)9-20-26(23,24)16-7-11(12(18)8-13(16)19)17(22)25-15-6-4-3-5-14(15)21/h7-8,10,15,20H,3-6,9H2,1-2H3. The first-order chi connectivity index (χ1) is 12.1. The highest BCUT2D eigenvalue weighted by atomic mass is 35.5. The molecule has 1 aromatic carbocycles. The molecule has 1 aliphatic carbocycles. The van der Waals surface area contributed by atoms with E-state index in [-0.39, 0.29) is 38.8 Å². The second-order valence-corrected chi connectivity index (χ2v) is 9.16. The number of hydrogen-bond acceptors (Lipinski definition) is 5. The first-order valence-electron chi connectivity index (χ1n) is 8.34. The van der Waals surface area contributed by atoms with Gasteiger partial charge in [-0.2, -0.15) is 0 Å². The predicted molar refractivity (Wildman–Crippen MR) is 99.2 cm³/mol. The van der Waals surface area contributed by atoms with Crippen LogP contribution < -0.4 is 4.72 Å². The highest BCUT2D eigenvalue weighted by Crippen LogP contribution is 2.30. The van der Waals surface area contributed by atoms with Crippen LogP contribution in [0.2, 0.25) is 10.0 Å². The molecule has 9 heteroatoms. The van der Waals surface area contributed by atoms with Crippen LogP contribution in [-0.2, 0) is 19.6 Å². The molecule has 0 heterocycles. The molecule has 1 saturated carbocycles. The Labute approximate surface area is 163 Å². The van der Waals surface area contributed by atoms with E-state index in [4.69, 9.17) is 27.9 Å². The number of ether oxygens (including phenoxy) is 1. The molecule has 1 aliphatic rings. The van der Waals surface area contributed by atoms with Crippen molar-refractivity contribution in [2.24, 2.45) is 5.92 Å². The van der Waals surface area contributed by atoms with Crippen molar-refractivity contribution >= 4 is 45.0 Å². The van der Waals surface area contributed by atoms with Gasteiger partial charge < -0.3 is 4.74 Å². The van der Waals surface area contributed by atoms with Crippen LogP contribution in [0.1, 0.15) is 49.9 Å². The summed E-state index contributed by atoms with van der Waals surface area (Å²) in [5.74, 6) is -0.883. The predicted octanol–water partition coefficient (Wildman–Crippen LogP) is 3.60. The molecule has 1 aromatic rings. The first kappa shape index (κ1) is 21.2. The van der Waals surface area contributed by atoms with Gasteiger partial charge in [0.15, 0.2) is 11.9 Å². The summed E-state index contributed by atoms with van der Waals surface area (Å²) in [5.41, 5.74) is -0.139. The largest absolute Gasteiger partial charge is 0.451 e. The number of sulfonamides is 1. The number of Topliss-reactive ketones (excluding diaryl/α,β-unsaturated/α-hetero) is 1. The van der Waals surface area contributed by atoms with Crippen molar-refractivity contribution < 1.29 is 22.7 Å². The highest BCUT2D eigenvalue weighted by molar-refractivity contribution is 7.89. The van der Waals surface area contributed by atoms with E-state index in [9.17, 15) is 18.0 Å². The zero-order valence-corrected chi connectivity index (χ0v) is 16.9. The minimum absolute atomic E-state index is 0.0360. The van der Waals surface area contributed by atoms with E-state index in [0.717, 1.165) is 18.9 Å². The van der Waals surface area contributed by atoms with E-state index < -0.39 is 22.1 Å². The molecular formula is C17H21Cl2NO5S. The third-order valence-corrected chi connectivity index (χ3v) is 6.16. The van der Waals surface area contributed by atoms with Crippen molar-refractivity contribution in [3.05, 3.63) is 27.7 Å². The zero-order valence-electron chi connectivity index (χ0n) is 14.6. The van der Waals surface area contributed by atoms with Gasteiger partial charge >= 0.3 is 5.97 Å². The summed E-state index contributed by atoms with van der Waals surface area (Å²) in [6.45, 7) is 3.93.